The third-order valence-electron chi connectivity index (χ3n) is 11.5. The average molecular weight is 787 g/mol. The molecule has 61 heavy (non-hydrogen) atoms. The Balaban J connectivity index is 1.22. The second-order valence-corrected chi connectivity index (χ2v) is 15.1. The van der Waals surface area contributed by atoms with Gasteiger partial charge in [0.2, 0.25) is 0 Å². The van der Waals surface area contributed by atoms with Gasteiger partial charge in [-0.2, -0.15) is 0 Å². The van der Waals surface area contributed by atoms with Crippen LogP contribution in [0.15, 0.2) is 235 Å². The van der Waals surface area contributed by atoms with Crippen molar-refractivity contribution < 1.29 is 15.4 Å². The molecule has 0 aliphatic heterocycles. The summed E-state index contributed by atoms with van der Waals surface area (Å²) in [6.07, 6.45) is 0. The Bertz CT molecular complexity index is 3940. The minimum atomic E-state index is -0.524. The first-order valence-electron chi connectivity index (χ1n) is 24.2. The fraction of sp³-hybridized carbons (Fsp3) is 0. The summed E-state index contributed by atoms with van der Waals surface area (Å²) in [5, 5.41) is 2.25. The van der Waals surface area contributed by atoms with E-state index >= 15 is 0 Å². The summed E-state index contributed by atoms with van der Waals surface area (Å²) in [7, 11) is 0. The molecule has 0 radical (unpaired) electrons. The van der Waals surface area contributed by atoms with Crippen molar-refractivity contribution in [3.63, 3.8) is 0 Å². The summed E-state index contributed by atoms with van der Waals surface area (Å²) < 4.78 is 83.6. The van der Waals surface area contributed by atoms with Gasteiger partial charge in [-0.3, -0.25) is 0 Å². The van der Waals surface area contributed by atoms with Gasteiger partial charge in [0.05, 0.1) is 27.7 Å². The average Bonchev–Trinajstić information content (AvgIpc) is 3.95. The van der Waals surface area contributed by atoms with Gasteiger partial charge in [0.25, 0.3) is 0 Å². The van der Waals surface area contributed by atoms with E-state index in [4.69, 9.17) is 9.90 Å². The van der Waals surface area contributed by atoms with E-state index in [1.54, 1.807) is 0 Å². The van der Waals surface area contributed by atoms with Gasteiger partial charge in [0, 0.05) is 44.6 Å². The lowest BCUT2D eigenvalue weighted by Gasteiger charge is -2.27. The highest BCUT2D eigenvalue weighted by Gasteiger charge is 2.22. The molecule has 0 bridgehead atoms. The van der Waals surface area contributed by atoms with Gasteiger partial charge in [-0.05, 0) is 105 Å². The van der Waals surface area contributed by atoms with Crippen LogP contribution in [0.2, 0.25) is 0 Å². The summed E-state index contributed by atoms with van der Waals surface area (Å²) >= 11 is 0. The molecule has 0 saturated heterocycles. The van der Waals surface area contributed by atoms with Crippen LogP contribution in [0, 0.1) is 0 Å². The van der Waals surface area contributed by atoms with Crippen molar-refractivity contribution >= 4 is 71.6 Å². The molecule has 2 aromatic heterocycles. The zero-order valence-corrected chi connectivity index (χ0v) is 32.6. The van der Waals surface area contributed by atoms with E-state index < -0.39 is 30.2 Å². The highest BCUT2D eigenvalue weighted by molar-refractivity contribution is 6.24. The quantitative estimate of drug-likeness (QED) is 0.160. The molecule has 0 amide bonds. The first-order valence-corrected chi connectivity index (χ1v) is 20.2. The molecule has 12 rings (SSSR count). The Labute approximate surface area is 364 Å². The zero-order chi connectivity index (χ0) is 47.2. The minimum absolute atomic E-state index is 0.00659. The predicted octanol–water partition coefficient (Wildman–Crippen LogP) is 16.3. The summed E-state index contributed by atoms with van der Waals surface area (Å²) in [4.78, 5) is 1.88. The normalized spacial score (nSPS) is 13.4. The molecule has 10 aromatic carbocycles. The first kappa shape index (κ1) is 27.5. The number of benzene rings is 10. The standard InChI is InChI=1S/C58H38N2O/c1-4-14-39(15-5-1)41-24-30-46(31-25-41)59(47-32-26-42(27-33-47)40-16-6-2-7-17-40)48-37-52(58-56(38-48)61-55-35-29-43-18-10-11-21-49(43)57(55)58)44-28-34-51-50-22-12-13-23-53(50)60(54(51)36-44)45-19-8-3-9-20-45/h1-38H/i10D,11D,18D,21D,29D,35D,37D,38D. The molecular weight excluding hydrogens is 741 g/mol. The number of hydrogen-bond acceptors (Lipinski definition) is 2. The van der Waals surface area contributed by atoms with Crippen LogP contribution in [0.4, 0.5) is 17.1 Å². The molecule has 0 aliphatic rings. The maximum absolute atomic E-state index is 10.6. The van der Waals surface area contributed by atoms with Crippen LogP contribution in [-0.2, 0) is 0 Å². The maximum atomic E-state index is 10.6. The first-order chi connectivity index (χ1) is 33.6. The van der Waals surface area contributed by atoms with Crippen molar-refractivity contribution in [1.29, 1.82) is 0 Å². The van der Waals surface area contributed by atoms with E-state index in [9.17, 15) is 5.48 Å². The van der Waals surface area contributed by atoms with Gasteiger partial charge in [0.1, 0.15) is 11.2 Å². The number of rotatable bonds is 7. The predicted molar refractivity (Wildman–Crippen MR) is 257 cm³/mol. The van der Waals surface area contributed by atoms with Crippen LogP contribution in [-0.4, -0.2) is 4.57 Å². The van der Waals surface area contributed by atoms with Crippen LogP contribution in [0.5, 0.6) is 0 Å². The summed E-state index contributed by atoms with van der Waals surface area (Å²) in [5.41, 5.74) is 9.12. The molecule has 0 unspecified atom stereocenters. The summed E-state index contributed by atoms with van der Waals surface area (Å²) in [5.74, 6) is 0. The number of para-hydroxylation sites is 2. The lowest BCUT2D eigenvalue weighted by Crippen LogP contribution is -2.10. The molecule has 2 heterocycles. The fourth-order valence-electron chi connectivity index (χ4n) is 8.70. The van der Waals surface area contributed by atoms with Crippen LogP contribution in [0.1, 0.15) is 11.0 Å². The van der Waals surface area contributed by atoms with Gasteiger partial charge >= 0.3 is 0 Å². The SMILES string of the molecule is [2H]c1c([2H])c([2H])c2c(c1[2H])c([2H])c([2H])c1oc3c([2H])c(N(c4ccc(-c5ccccc5)cc4)c4ccc(-c5ccccc5)cc4)c([2H])c(-c4ccc5c6ccccc6n(-c6ccccc6)c5c4)c3c12. The van der Waals surface area contributed by atoms with Gasteiger partial charge in [-0.15, -0.1) is 0 Å². The molecule has 12 aromatic rings. The number of furan rings is 1. The fourth-order valence-corrected chi connectivity index (χ4v) is 8.70. The molecular formula is C58H38N2O. The molecule has 0 fully saturated rings. The van der Waals surface area contributed by atoms with E-state index in [1.165, 1.54) is 0 Å². The highest BCUT2D eigenvalue weighted by Crippen LogP contribution is 2.47. The van der Waals surface area contributed by atoms with E-state index in [2.05, 4.69) is 16.7 Å². The van der Waals surface area contributed by atoms with Crippen molar-refractivity contribution in [3.05, 3.63) is 230 Å². The summed E-state index contributed by atoms with van der Waals surface area (Å²) in [6, 6.07) is 57.3. The van der Waals surface area contributed by atoms with Gasteiger partial charge in [0.15, 0.2) is 0 Å². The maximum Gasteiger partial charge on any atom is 0.138 e. The van der Waals surface area contributed by atoms with Crippen molar-refractivity contribution in [2.45, 2.75) is 0 Å². The van der Waals surface area contributed by atoms with Gasteiger partial charge in [-0.1, -0.05) is 164 Å². The number of hydrogen-bond donors (Lipinski definition) is 0. The molecule has 0 N–H and O–H groups in total. The third kappa shape index (κ3) is 5.90. The Morgan fingerprint density at radius 3 is 1.67 bits per heavy atom. The number of aromatic nitrogens is 1. The zero-order valence-electron chi connectivity index (χ0n) is 40.6. The van der Waals surface area contributed by atoms with Crippen LogP contribution in [0.25, 0.3) is 93.6 Å². The van der Waals surface area contributed by atoms with Gasteiger partial charge in [-0.25, -0.2) is 0 Å². The van der Waals surface area contributed by atoms with Crippen molar-refractivity contribution in [2.75, 3.05) is 4.90 Å². The molecule has 0 aliphatic carbocycles. The number of nitrogens with zero attached hydrogens (tertiary/aromatic N) is 2. The van der Waals surface area contributed by atoms with Crippen LogP contribution in [0.3, 0.4) is 0 Å². The van der Waals surface area contributed by atoms with E-state index in [-0.39, 0.29) is 56.5 Å². The third-order valence-corrected chi connectivity index (χ3v) is 11.5. The molecule has 0 spiro atoms. The van der Waals surface area contributed by atoms with E-state index in [0.717, 1.165) is 49.7 Å². The van der Waals surface area contributed by atoms with Crippen molar-refractivity contribution in [2.24, 2.45) is 0 Å². The number of fused-ring (bicyclic) bond motifs is 8. The molecule has 0 atom stereocenters. The second-order valence-electron chi connectivity index (χ2n) is 15.1. The Morgan fingerprint density at radius 2 is 0.984 bits per heavy atom. The summed E-state index contributed by atoms with van der Waals surface area (Å²) in [6.45, 7) is 0. The topological polar surface area (TPSA) is 21.3 Å². The Morgan fingerprint density at radius 1 is 0.410 bits per heavy atom. The smallest absolute Gasteiger partial charge is 0.138 e. The van der Waals surface area contributed by atoms with E-state index in [0.29, 0.717) is 22.5 Å². The second kappa shape index (κ2) is 14.3. The monoisotopic (exact) mass is 786 g/mol. The van der Waals surface area contributed by atoms with Crippen molar-refractivity contribution in [1.82, 2.24) is 4.57 Å². The minimum Gasteiger partial charge on any atom is -0.456 e. The molecule has 3 nitrogen and oxygen atoms in total. The van der Waals surface area contributed by atoms with Crippen LogP contribution >= 0.6 is 0 Å². The van der Waals surface area contributed by atoms with Crippen LogP contribution < -0.4 is 4.90 Å². The Hall–Kier alpha value is -8.14. The van der Waals surface area contributed by atoms with Gasteiger partial charge < -0.3 is 13.9 Å². The number of anilines is 3. The van der Waals surface area contributed by atoms with Crippen molar-refractivity contribution in [3.8, 4) is 39.1 Å². The lowest BCUT2D eigenvalue weighted by molar-refractivity contribution is 0.669. The highest BCUT2D eigenvalue weighted by atomic mass is 16.3. The lowest BCUT2D eigenvalue weighted by atomic mass is 9.95. The van der Waals surface area contributed by atoms with E-state index in [1.807, 2.05) is 175 Å². The Kier molecular flexibility index (Phi) is 6.45. The molecule has 0 saturated carbocycles. The largest absolute Gasteiger partial charge is 0.456 e. The molecule has 3 heteroatoms. The molecule has 286 valence electrons.